The van der Waals surface area contributed by atoms with Gasteiger partial charge in [0.2, 0.25) is 5.91 Å². The quantitative estimate of drug-likeness (QED) is 0.844. The molecule has 2 aromatic rings. The minimum absolute atomic E-state index is 0.0883. The lowest BCUT2D eigenvalue weighted by molar-refractivity contribution is -0.123. The van der Waals surface area contributed by atoms with E-state index in [9.17, 15) is 4.79 Å². The lowest BCUT2D eigenvalue weighted by Gasteiger charge is -2.36. The van der Waals surface area contributed by atoms with Crippen molar-refractivity contribution in [3.8, 4) is 0 Å². The van der Waals surface area contributed by atoms with E-state index in [1.165, 1.54) is 0 Å². The highest BCUT2D eigenvalue weighted by molar-refractivity contribution is 6.30. The van der Waals surface area contributed by atoms with Gasteiger partial charge in [-0.05, 0) is 51.0 Å². The van der Waals surface area contributed by atoms with Crippen LogP contribution in [0.25, 0.3) is 0 Å². The zero-order chi connectivity index (χ0) is 16.6. The van der Waals surface area contributed by atoms with Crippen molar-refractivity contribution in [2.75, 3.05) is 4.90 Å². The molecule has 0 bridgehead atoms. The van der Waals surface area contributed by atoms with Gasteiger partial charge in [-0.1, -0.05) is 17.7 Å². The second-order valence-corrected chi connectivity index (χ2v) is 7.33. The van der Waals surface area contributed by atoms with Gasteiger partial charge in [0.25, 0.3) is 0 Å². The van der Waals surface area contributed by atoms with Gasteiger partial charge in [-0.25, -0.2) is 4.98 Å². The number of nitrogens with zero attached hydrogens (tertiary/aromatic N) is 3. The smallest absolute Gasteiger partial charge is 0.232 e. The number of carbonyl (C=O) groups is 1. The summed E-state index contributed by atoms with van der Waals surface area (Å²) in [6.45, 7) is 6.07. The summed E-state index contributed by atoms with van der Waals surface area (Å²) in [5, 5.41) is 0.620. The predicted octanol–water partition coefficient (Wildman–Crippen LogP) is 3.68. The molecular weight excluding hydrogens is 310 g/mol. The van der Waals surface area contributed by atoms with Crippen LogP contribution in [0.2, 0.25) is 5.02 Å². The molecule has 4 nitrogen and oxygen atoms in total. The predicted molar refractivity (Wildman–Crippen MR) is 91.6 cm³/mol. The summed E-state index contributed by atoms with van der Waals surface area (Å²) in [4.78, 5) is 23.7. The van der Waals surface area contributed by atoms with Crippen LogP contribution in [0.4, 0.5) is 5.82 Å². The summed E-state index contributed by atoms with van der Waals surface area (Å²) in [6, 6.07) is 7.55. The molecule has 1 atom stereocenters. The molecule has 0 N–H and O–H groups in total. The van der Waals surface area contributed by atoms with Crippen molar-refractivity contribution in [1.82, 2.24) is 9.97 Å². The molecule has 3 rings (SSSR count). The van der Waals surface area contributed by atoms with E-state index in [0.29, 0.717) is 23.7 Å². The zero-order valence-corrected chi connectivity index (χ0v) is 14.3. The van der Waals surface area contributed by atoms with E-state index in [1.54, 1.807) is 17.3 Å². The minimum atomic E-state index is -0.342. The maximum atomic E-state index is 13.2. The van der Waals surface area contributed by atoms with E-state index >= 15 is 0 Å². The number of amides is 1. The van der Waals surface area contributed by atoms with Gasteiger partial charge in [0.05, 0.1) is 5.02 Å². The van der Waals surface area contributed by atoms with Gasteiger partial charge < -0.3 is 0 Å². The van der Waals surface area contributed by atoms with E-state index in [0.717, 1.165) is 11.3 Å². The Balaban J connectivity index is 1.89. The highest BCUT2D eigenvalue weighted by atomic mass is 35.5. The van der Waals surface area contributed by atoms with Gasteiger partial charge in [0.1, 0.15) is 5.82 Å². The molecule has 0 aliphatic heterocycles. The maximum Gasteiger partial charge on any atom is 0.232 e. The van der Waals surface area contributed by atoms with Gasteiger partial charge in [-0.2, -0.15) is 0 Å². The monoisotopic (exact) mass is 329 g/mol. The first-order chi connectivity index (χ1) is 10.9. The number of rotatable bonds is 2. The second kappa shape index (κ2) is 5.93. The van der Waals surface area contributed by atoms with E-state index in [1.807, 2.05) is 45.0 Å². The van der Waals surface area contributed by atoms with E-state index in [-0.39, 0.29) is 17.4 Å². The summed E-state index contributed by atoms with van der Waals surface area (Å²) in [5.41, 5.74) is 1.71. The Morgan fingerprint density at radius 1 is 1.26 bits per heavy atom. The van der Waals surface area contributed by atoms with Crippen molar-refractivity contribution in [2.24, 2.45) is 5.92 Å². The molecule has 23 heavy (non-hydrogen) atoms. The van der Waals surface area contributed by atoms with Crippen molar-refractivity contribution in [3.05, 3.63) is 52.9 Å². The first kappa shape index (κ1) is 15.9. The van der Waals surface area contributed by atoms with E-state index in [2.05, 4.69) is 9.97 Å². The molecular formula is C18H20ClN3O. The third-order valence-corrected chi connectivity index (χ3v) is 4.26. The van der Waals surface area contributed by atoms with Crippen LogP contribution in [0, 0.1) is 5.92 Å². The highest BCUT2D eigenvalue weighted by Gasteiger charge is 2.37. The van der Waals surface area contributed by atoms with Crippen LogP contribution in [0.5, 0.6) is 0 Å². The Kier molecular flexibility index (Phi) is 4.11. The normalized spacial score (nSPS) is 17.0. The van der Waals surface area contributed by atoms with Gasteiger partial charge in [-0.3, -0.25) is 14.7 Å². The molecule has 2 aromatic heterocycles. The Bertz CT molecular complexity index is 725. The van der Waals surface area contributed by atoms with Gasteiger partial charge in [0.15, 0.2) is 0 Å². The number of halogens is 1. The number of pyridine rings is 2. The average molecular weight is 330 g/mol. The molecule has 1 aliphatic carbocycles. The van der Waals surface area contributed by atoms with Crippen LogP contribution in [-0.4, -0.2) is 21.4 Å². The number of anilines is 1. The van der Waals surface area contributed by atoms with Gasteiger partial charge >= 0.3 is 0 Å². The van der Waals surface area contributed by atoms with Crippen molar-refractivity contribution in [3.63, 3.8) is 0 Å². The summed E-state index contributed by atoms with van der Waals surface area (Å²) in [5.74, 6) is 0.662. The fourth-order valence-corrected chi connectivity index (χ4v) is 3.25. The Morgan fingerprint density at radius 3 is 2.70 bits per heavy atom. The summed E-state index contributed by atoms with van der Waals surface area (Å²) in [7, 11) is 0. The second-order valence-electron chi connectivity index (χ2n) is 6.90. The van der Waals surface area contributed by atoms with Crippen LogP contribution in [0.3, 0.4) is 0 Å². The molecule has 5 heteroatoms. The molecule has 0 radical (unpaired) electrons. The number of hydrogen-bond donors (Lipinski definition) is 0. The number of fused-ring (bicyclic) bond motifs is 1. The number of hydrogen-bond acceptors (Lipinski definition) is 3. The lowest BCUT2D eigenvalue weighted by atomic mass is 9.99. The fourth-order valence-electron chi connectivity index (χ4n) is 3.07. The standard InChI is InChI=1S/C18H20ClN3O/c1-18(2,3)22(16-6-4-5-7-20-16)17(23)13-8-12-9-14(19)11-21-15(12)10-13/h4-7,9,11,13H,8,10H2,1-3H3. The van der Waals surface area contributed by atoms with Crippen LogP contribution < -0.4 is 4.90 Å². The lowest BCUT2D eigenvalue weighted by Crippen LogP contribution is -2.49. The third-order valence-electron chi connectivity index (χ3n) is 4.05. The molecule has 0 aromatic carbocycles. The summed E-state index contributed by atoms with van der Waals surface area (Å²) in [6.07, 6.45) is 4.70. The topological polar surface area (TPSA) is 46.1 Å². The Hall–Kier alpha value is -1.94. The SMILES string of the molecule is CC(C)(C)N(C(=O)C1Cc2cc(Cl)cnc2C1)c1ccccn1. The highest BCUT2D eigenvalue weighted by Crippen LogP contribution is 2.32. The Labute approximate surface area is 141 Å². The first-order valence-electron chi connectivity index (χ1n) is 7.74. The average Bonchev–Trinajstić information content (AvgIpc) is 2.90. The first-order valence-corrected chi connectivity index (χ1v) is 8.12. The minimum Gasteiger partial charge on any atom is -0.291 e. The molecule has 2 heterocycles. The third kappa shape index (κ3) is 3.22. The molecule has 1 amide bonds. The fraction of sp³-hybridized carbons (Fsp3) is 0.389. The molecule has 1 unspecified atom stereocenters. The van der Waals surface area contributed by atoms with Crippen LogP contribution in [0.1, 0.15) is 32.0 Å². The number of carbonyl (C=O) groups excluding carboxylic acids is 1. The molecule has 1 aliphatic rings. The molecule has 0 saturated heterocycles. The van der Waals surface area contributed by atoms with Crippen molar-refractivity contribution in [1.29, 1.82) is 0 Å². The maximum absolute atomic E-state index is 13.2. The zero-order valence-electron chi connectivity index (χ0n) is 13.6. The summed E-state index contributed by atoms with van der Waals surface area (Å²) < 4.78 is 0. The van der Waals surface area contributed by atoms with Gasteiger partial charge in [-0.15, -0.1) is 0 Å². The summed E-state index contributed by atoms with van der Waals surface area (Å²) >= 11 is 6.01. The van der Waals surface area contributed by atoms with Crippen molar-refractivity contribution >= 4 is 23.3 Å². The van der Waals surface area contributed by atoms with Crippen molar-refractivity contribution in [2.45, 2.75) is 39.2 Å². The van der Waals surface area contributed by atoms with E-state index in [4.69, 9.17) is 11.6 Å². The van der Waals surface area contributed by atoms with Gasteiger partial charge in [0, 0.05) is 36.0 Å². The van der Waals surface area contributed by atoms with Crippen LogP contribution in [-0.2, 0) is 17.6 Å². The molecule has 0 spiro atoms. The molecule has 120 valence electrons. The molecule has 0 saturated carbocycles. The van der Waals surface area contributed by atoms with Crippen LogP contribution in [0.15, 0.2) is 36.7 Å². The van der Waals surface area contributed by atoms with Crippen LogP contribution >= 0.6 is 11.6 Å². The number of aromatic nitrogens is 2. The largest absolute Gasteiger partial charge is 0.291 e. The molecule has 0 fully saturated rings. The van der Waals surface area contributed by atoms with E-state index < -0.39 is 0 Å². The van der Waals surface area contributed by atoms with Crippen molar-refractivity contribution < 1.29 is 4.79 Å². The Morgan fingerprint density at radius 2 is 2.04 bits per heavy atom.